The zero-order valence-corrected chi connectivity index (χ0v) is 10.6. The van der Waals surface area contributed by atoms with Crippen molar-refractivity contribution >= 4 is 11.8 Å². The highest BCUT2D eigenvalue weighted by atomic mass is 16.6. The van der Waals surface area contributed by atoms with Gasteiger partial charge in [0.2, 0.25) is 0 Å². The predicted molar refractivity (Wildman–Crippen MR) is 69.8 cm³/mol. The topological polar surface area (TPSA) is 41.6 Å². The van der Waals surface area contributed by atoms with Crippen LogP contribution in [-0.2, 0) is 4.74 Å². The van der Waals surface area contributed by atoms with Gasteiger partial charge in [-0.1, -0.05) is 12.1 Å². The molecule has 2 fully saturated rings. The van der Waals surface area contributed by atoms with Crippen LogP contribution < -0.4 is 10.2 Å². The number of benzene rings is 1. The van der Waals surface area contributed by atoms with Gasteiger partial charge >= 0.3 is 6.09 Å². The van der Waals surface area contributed by atoms with E-state index < -0.39 is 0 Å². The zero-order valence-electron chi connectivity index (χ0n) is 10.6. The summed E-state index contributed by atoms with van der Waals surface area (Å²) in [5.74, 6) is 0.497. The third-order valence-corrected chi connectivity index (χ3v) is 3.83. The Labute approximate surface area is 107 Å². The minimum atomic E-state index is -0.211. The van der Waals surface area contributed by atoms with Gasteiger partial charge in [0.15, 0.2) is 0 Å². The summed E-state index contributed by atoms with van der Waals surface area (Å²) >= 11 is 0. The Balaban J connectivity index is 1.89. The van der Waals surface area contributed by atoms with Crippen LogP contribution >= 0.6 is 0 Å². The summed E-state index contributed by atoms with van der Waals surface area (Å²) in [5, 5.41) is 3.35. The first-order valence-corrected chi connectivity index (χ1v) is 6.49. The molecule has 2 heterocycles. The molecule has 0 spiro atoms. The average Bonchev–Trinajstić information content (AvgIpc) is 2.97. The quantitative estimate of drug-likeness (QED) is 0.867. The van der Waals surface area contributed by atoms with E-state index in [9.17, 15) is 4.79 Å². The van der Waals surface area contributed by atoms with Gasteiger partial charge in [-0.2, -0.15) is 0 Å². The molecule has 4 nitrogen and oxygen atoms in total. The van der Waals surface area contributed by atoms with Gasteiger partial charge in [-0.3, -0.25) is 4.90 Å². The first kappa shape index (κ1) is 11.5. The van der Waals surface area contributed by atoms with Crippen molar-refractivity contribution in [2.45, 2.75) is 19.4 Å². The molecule has 2 atom stereocenters. The minimum absolute atomic E-state index is 0.175. The lowest BCUT2D eigenvalue weighted by atomic mass is 9.98. The van der Waals surface area contributed by atoms with Gasteiger partial charge in [-0.05, 0) is 43.5 Å². The van der Waals surface area contributed by atoms with E-state index in [0.717, 1.165) is 30.8 Å². The Morgan fingerprint density at radius 3 is 3.06 bits per heavy atom. The van der Waals surface area contributed by atoms with Crippen LogP contribution in [0.5, 0.6) is 0 Å². The molecule has 1 amide bonds. The number of nitrogens with zero attached hydrogens (tertiary/aromatic N) is 1. The van der Waals surface area contributed by atoms with Crippen molar-refractivity contribution in [3.8, 4) is 0 Å². The van der Waals surface area contributed by atoms with Crippen LogP contribution in [0.15, 0.2) is 24.3 Å². The van der Waals surface area contributed by atoms with Gasteiger partial charge < -0.3 is 10.1 Å². The maximum atomic E-state index is 11.9. The van der Waals surface area contributed by atoms with Crippen LogP contribution in [0.2, 0.25) is 0 Å². The Morgan fingerprint density at radius 2 is 2.33 bits per heavy atom. The van der Waals surface area contributed by atoms with E-state index in [2.05, 4.69) is 5.32 Å². The van der Waals surface area contributed by atoms with Crippen LogP contribution in [0.1, 0.15) is 12.0 Å². The zero-order chi connectivity index (χ0) is 12.5. The van der Waals surface area contributed by atoms with Gasteiger partial charge in [0, 0.05) is 12.2 Å². The molecular formula is C14H18N2O2. The van der Waals surface area contributed by atoms with Crippen molar-refractivity contribution < 1.29 is 9.53 Å². The van der Waals surface area contributed by atoms with E-state index in [0.29, 0.717) is 12.5 Å². The summed E-state index contributed by atoms with van der Waals surface area (Å²) in [6, 6.07) is 8.23. The highest BCUT2D eigenvalue weighted by Gasteiger charge is 2.40. The number of hydrogen-bond acceptors (Lipinski definition) is 3. The fourth-order valence-corrected chi connectivity index (χ4v) is 2.86. The fourth-order valence-electron chi connectivity index (χ4n) is 2.86. The van der Waals surface area contributed by atoms with Gasteiger partial charge in [0.1, 0.15) is 6.61 Å². The lowest BCUT2D eigenvalue weighted by Crippen LogP contribution is -2.40. The summed E-state index contributed by atoms with van der Waals surface area (Å²) in [6.45, 7) is 4.57. The molecule has 1 aromatic rings. The second-order valence-corrected chi connectivity index (χ2v) is 5.11. The predicted octanol–water partition coefficient (Wildman–Crippen LogP) is 1.93. The molecule has 1 N–H and O–H groups in total. The molecule has 2 unspecified atom stereocenters. The lowest BCUT2D eigenvalue weighted by molar-refractivity contribution is 0.176. The molecule has 0 aromatic heterocycles. The maximum Gasteiger partial charge on any atom is 0.414 e. The maximum absolute atomic E-state index is 11.9. The largest absolute Gasteiger partial charge is 0.447 e. The highest BCUT2D eigenvalue weighted by Crippen LogP contribution is 2.30. The fraction of sp³-hybridized carbons (Fsp3) is 0.500. The van der Waals surface area contributed by atoms with E-state index in [1.807, 2.05) is 36.1 Å². The van der Waals surface area contributed by atoms with Gasteiger partial charge in [-0.15, -0.1) is 0 Å². The number of ether oxygens (including phenoxy) is 1. The van der Waals surface area contributed by atoms with E-state index in [-0.39, 0.29) is 12.1 Å². The van der Waals surface area contributed by atoms with Crippen molar-refractivity contribution in [3.05, 3.63) is 29.8 Å². The molecule has 18 heavy (non-hydrogen) atoms. The number of cyclic esters (lactones) is 1. The number of rotatable bonds is 2. The van der Waals surface area contributed by atoms with Gasteiger partial charge in [0.25, 0.3) is 0 Å². The molecule has 4 heteroatoms. The molecule has 0 saturated carbocycles. The van der Waals surface area contributed by atoms with Crippen molar-refractivity contribution in [3.63, 3.8) is 0 Å². The van der Waals surface area contributed by atoms with Crippen LogP contribution in [0.3, 0.4) is 0 Å². The Bertz CT molecular complexity index is 455. The number of carbonyl (C=O) groups is 1. The van der Waals surface area contributed by atoms with Crippen LogP contribution in [0.25, 0.3) is 0 Å². The Morgan fingerprint density at radius 1 is 1.44 bits per heavy atom. The molecule has 0 bridgehead atoms. The van der Waals surface area contributed by atoms with Crippen molar-refractivity contribution in [1.29, 1.82) is 0 Å². The van der Waals surface area contributed by atoms with E-state index in [1.165, 1.54) is 0 Å². The summed E-state index contributed by atoms with van der Waals surface area (Å²) in [6.07, 6.45) is 0.904. The second kappa shape index (κ2) is 4.61. The molecule has 0 radical (unpaired) electrons. The van der Waals surface area contributed by atoms with Crippen molar-refractivity contribution in [2.75, 3.05) is 24.6 Å². The van der Waals surface area contributed by atoms with Gasteiger partial charge in [-0.25, -0.2) is 4.79 Å². The third kappa shape index (κ3) is 1.97. The first-order chi connectivity index (χ1) is 8.75. The van der Waals surface area contributed by atoms with Crippen LogP contribution in [0.4, 0.5) is 10.5 Å². The number of aryl methyl sites for hydroxylation is 1. The standard InChI is InChI=1S/C14H18N2O2/c1-10-3-2-4-12(7-10)16-13(9-18-14(16)17)11-5-6-15-8-11/h2-4,7,11,13,15H,5-6,8-9H2,1H3. The Hall–Kier alpha value is -1.55. The summed E-state index contributed by atoms with van der Waals surface area (Å²) in [5.41, 5.74) is 2.12. The second-order valence-electron chi connectivity index (χ2n) is 5.11. The van der Waals surface area contributed by atoms with Crippen molar-refractivity contribution in [2.24, 2.45) is 5.92 Å². The Kier molecular flexibility index (Phi) is 2.96. The van der Waals surface area contributed by atoms with E-state index in [4.69, 9.17) is 4.74 Å². The molecular weight excluding hydrogens is 228 g/mol. The number of anilines is 1. The van der Waals surface area contributed by atoms with Crippen molar-refractivity contribution in [1.82, 2.24) is 5.32 Å². The molecule has 0 aliphatic carbocycles. The average molecular weight is 246 g/mol. The number of hydrogen-bond donors (Lipinski definition) is 1. The monoisotopic (exact) mass is 246 g/mol. The van der Waals surface area contributed by atoms with Gasteiger partial charge in [0.05, 0.1) is 6.04 Å². The molecule has 2 aliphatic heterocycles. The minimum Gasteiger partial charge on any atom is -0.447 e. The number of nitrogens with one attached hydrogen (secondary N) is 1. The number of amides is 1. The first-order valence-electron chi connectivity index (χ1n) is 6.49. The lowest BCUT2D eigenvalue weighted by Gasteiger charge is -2.26. The molecule has 2 aliphatic rings. The normalized spacial score (nSPS) is 27.6. The molecule has 1 aromatic carbocycles. The SMILES string of the molecule is Cc1cccc(N2C(=O)OCC2C2CCNC2)c1. The highest BCUT2D eigenvalue weighted by molar-refractivity contribution is 5.90. The summed E-state index contributed by atoms with van der Waals surface area (Å²) in [4.78, 5) is 13.8. The number of carbonyl (C=O) groups excluding carboxylic acids is 1. The molecule has 2 saturated heterocycles. The van der Waals surface area contributed by atoms with Crippen LogP contribution in [0, 0.1) is 12.8 Å². The van der Waals surface area contributed by atoms with E-state index >= 15 is 0 Å². The third-order valence-electron chi connectivity index (χ3n) is 3.83. The summed E-state index contributed by atoms with van der Waals surface area (Å²) < 4.78 is 5.24. The summed E-state index contributed by atoms with van der Waals surface area (Å²) in [7, 11) is 0. The molecule has 96 valence electrons. The smallest absolute Gasteiger partial charge is 0.414 e. The van der Waals surface area contributed by atoms with E-state index in [1.54, 1.807) is 0 Å². The van der Waals surface area contributed by atoms with Crippen LogP contribution in [-0.4, -0.2) is 31.8 Å². The molecule has 3 rings (SSSR count).